The van der Waals surface area contributed by atoms with E-state index in [1.807, 2.05) is 13.8 Å². The summed E-state index contributed by atoms with van der Waals surface area (Å²) in [5.41, 5.74) is -0.292. The zero-order chi connectivity index (χ0) is 15.1. The monoisotopic (exact) mass is 280 g/mol. The maximum atomic E-state index is 12.1. The molecule has 0 radical (unpaired) electrons. The van der Waals surface area contributed by atoms with Crippen molar-refractivity contribution in [1.29, 1.82) is 0 Å². The molecule has 0 aliphatic carbocycles. The Kier molecular flexibility index (Phi) is 5.96. The van der Waals surface area contributed by atoms with Crippen LogP contribution in [0.5, 0.6) is 0 Å². The van der Waals surface area contributed by atoms with Crippen LogP contribution in [0.2, 0.25) is 0 Å². The van der Waals surface area contributed by atoms with E-state index >= 15 is 0 Å². The topological polar surface area (TPSA) is 70.3 Å². The predicted octanol–water partition coefficient (Wildman–Crippen LogP) is 0.929. The van der Waals surface area contributed by atoms with Crippen LogP contribution < -0.4 is 11.2 Å². The lowest BCUT2D eigenvalue weighted by molar-refractivity contribution is -0.136. The lowest BCUT2D eigenvalue weighted by Crippen LogP contribution is -2.38. The third-order valence-corrected chi connectivity index (χ3v) is 2.95. The van der Waals surface area contributed by atoms with Gasteiger partial charge in [0.1, 0.15) is 0 Å². The highest BCUT2D eigenvalue weighted by molar-refractivity contribution is 5.88. The standard InChI is InChI=1S/C14H20N2O4/c1-4-8-15-9-7-12(17)16(14(15)19)10-6-11(5-2)13(18)20-3/h6-7,9H,4-5,8,10H2,1-3H3. The molecular weight excluding hydrogens is 260 g/mol. The Hall–Kier alpha value is -2.11. The Bertz CT molecular complexity index is 610. The molecule has 0 N–H and O–H groups in total. The third-order valence-electron chi connectivity index (χ3n) is 2.95. The van der Waals surface area contributed by atoms with Gasteiger partial charge in [-0.25, -0.2) is 9.59 Å². The molecule has 0 aliphatic rings. The number of rotatable bonds is 6. The van der Waals surface area contributed by atoms with Crippen LogP contribution in [0, 0.1) is 0 Å². The summed E-state index contributed by atoms with van der Waals surface area (Å²) in [4.78, 5) is 35.3. The van der Waals surface area contributed by atoms with Crippen LogP contribution in [0.25, 0.3) is 0 Å². The Morgan fingerprint density at radius 1 is 1.35 bits per heavy atom. The van der Waals surface area contributed by atoms with Gasteiger partial charge in [-0.15, -0.1) is 0 Å². The first-order chi connectivity index (χ1) is 9.54. The molecule has 0 unspecified atom stereocenters. The molecule has 0 aromatic carbocycles. The first-order valence-corrected chi connectivity index (χ1v) is 6.62. The van der Waals surface area contributed by atoms with Crippen molar-refractivity contribution in [2.45, 2.75) is 39.8 Å². The maximum Gasteiger partial charge on any atom is 0.333 e. The number of carbonyl (C=O) groups is 1. The van der Waals surface area contributed by atoms with E-state index in [9.17, 15) is 14.4 Å². The average Bonchev–Trinajstić information content (AvgIpc) is 2.45. The summed E-state index contributed by atoms with van der Waals surface area (Å²) < 4.78 is 7.23. The number of esters is 1. The number of aryl methyl sites for hydroxylation is 1. The molecule has 1 rings (SSSR count). The second kappa shape index (κ2) is 7.47. The SMILES string of the molecule is CCCn1ccc(=O)n(CC=C(CC)C(=O)OC)c1=O. The molecule has 1 aromatic heterocycles. The van der Waals surface area contributed by atoms with Crippen molar-refractivity contribution in [3.63, 3.8) is 0 Å². The lowest BCUT2D eigenvalue weighted by Gasteiger charge is -2.08. The highest BCUT2D eigenvalue weighted by Crippen LogP contribution is 2.02. The van der Waals surface area contributed by atoms with E-state index < -0.39 is 5.97 Å². The van der Waals surface area contributed by atoms with Gasteiger partial charge in [0.2, 0.25) is 0 Å². The van der Waals surface area contributed by atoms with Gasteiger partial charge < -0.3 is 9.30 Å². The smallest absolute Gasteiger partial charge is 0.333 e. The van der Waals surface area contributed by atoms with Crippen molar-refractivity contribution in [3.8, 4) is 0 Å². The highest BCUT2D eigenvalue weighted by Gasteiger charge is 2.08. The number of ether oxygens (including phenoxy) is 1. The minimum absolute atomic E-state index is 0.0699. The summed E-state index contributed by atoms with van der Waals surface area (Å²) in [5, 5.41) is 0. The number of nitrogens with zero attached hydrogens (tertiary/aromatic N) is 2. The van der Waals surface area contributed by atoms with E-state index in [4.69, 9.17) is 0 Å². The molecule has 6 heteroatoms. The maximum absolute atomic E-state index is 12.1. The van der Waals surface area contributed by atoms with Gasteiger partial charge in [0.05, 0.1) is 7.11 Å². The van der Waals surface area contributed by atoms with E-state index in [1.165, 1.54) is 23.9 Å². The van der Waals surface area contributed by atoms with Crippen LogP contribution in [0.1, 0.15) is 26.7 Å². The lowest BCUT2D eigenvalue weighted by atomic mass is 10.2. The van der Waals surface area contributed by atoms with Crippen LogP contribution in [0.3, 0.4) is 0 Å². The van der Waals surface area contributed by atoms with E-state index in [-0.39, 0.29) is 17.8 Å². The summed E-state index contributed by atoms with van der Waals surface area (Å²) in [6, 6.07) is 1.36. The molecule has 0 amide bonds. The van der Waals surface area contributed by atoms with Gasteiger partial charge in [-0.1, -0.05) is 19.9 Å². The fraction of sp³-hybridized carbons (Fsp3) is 0.500. The molecule has 1 heterocycles. The molecule has 20 heavy (non-hydrogen) atoms. The van der Waals surface area contributed by atoms with Crippen molar-refractivity contribution in [2.24, 2.45) is 0 Å². The van der Waals surface area contributed by atoms with E-state index in [0.717, 1.165) is 11.0 Å². The van der Waals surface area contributed by atoms with Crippen LogP contribution in [0.15, 0.2) is 33.5 Å². The van der Waals surface area contributed by atoms with Crippen molar-refractivity contribution >= 4 is 5.97 Å². The molecule has 0 saturated carbocycles. The normalized spacial score (nSPS) is 11.4. The number of hydrogen-bond donors (Lipinski definition) is 0. The van der Waals surface area contributed by atoms with Gasteiger partial charge in [0.25, 0.3) is 5.56 Å². The predicted molar refractivity (Wildman–Crippen MR) is 75.6 cm³/mol. The van der Waals surface area contributed by atoms with Crippen LogP contribution >= 0.6 is 0 Å². The molecule has 0 fully saturated rings. The molecule has 110 valence electrons. The summed E-state index contributed by atoms with van der Waals surface area (Å²) in [6.45, 7) is 4.39. The molecule has 0 aliphatic heterocycles. The van der Waals surface area contributed by atoms with Crippen molar-refractivity contribution in [1.82, 2.24) is 9.13 Å². The first kappa shape index (κ1) is 15.9. The van der Waals surface area contributed by atoms with Crippen molar-refractivity contribution < 1.29 is 9.53 Å². The summed E-state index contributed by atoms with van der Waals surface area (Å²) in [5.74, 6) is -0.439. The number of aromatic nitrogens is 2. The van der Waals surface area contributed by atoms with Gasteiger partial charge in [0.15, 0.2) is 0 Å². The van der Waals surface area contributed by atoms with Gasteiger partial charge in [-0.05, 0) is 12.8 Å². The van der Waals surface area contributed by atoms with Crippen LogP contribution in [-0.2, 0) is 22.6 Å². The first-order valence-electron chi connectivity index (χ1n) is 6.62. The van der Waals surface area contributed by atoms with Crippen molar-refractivity contribution in [3.05, 3.63) is 44.8 Å². The summed E-state index contributed by atoms with van der Waals surface area (Å²) in [6.07, 6.45) is 4.34. The van der Waals surface area contributed by atoms with Gasteiger partial charge in [-0.2, -0.15) is 0 Å². The number of hydrogen-bond acceptors (Lipinski definition) is 4. The molecule has 0 saturated heterocycles. The largest absolute Gasteiger partial charge is 0.466 e. The van der Waals surface area contributed by atoms with Gasteiger partial charge in [-0.3, -0.25) is 9.36 Å². The summed E-state index contributed by atoms with van der Waals surface area (Å²) >= 11 is 0. The van der Waals surface area contributed by atoms with Gasteiger partial charge >= 0.3 is 11.7 Å². The molecular formula is C14H20N2O4. The minimum atomic E-state index is -0.439. The zero-order valence-corrected chi connectivity index (χ0v) is 12.1. The molecule has 1 aromatic rings. The Labute approximate surface area is 117 Å². The Morgan fingerprint density at radius 2 is 2.05 bits per heavy atom. The number of methoxy groups -OCH3 is 1. The quantitative estimate of drug-likeness (QED) is 0.574. The van der Waals surface area contributed by atoms with Crippen LogP contribution in [0.4, 0.5) is 0 Å². The Morgan fingerprint density at radius 3 is 2.60 bits per heavy atom. The molecule has 0 bridgehead atoms. The highest BCUT2D eigenvalue weighted by atomic mass is 16.5. The summed E-state index contributed by atoms with van der Waals surface area (Å²) in [7, 11) is 1.30. The molecule has 0 atom stereocenters. The third kappa shape index (κ3) is 3.69. The fourth-order valence-corrected chi connectivity index (χ4v) is 1.84. The average molecular weight is 280 g/mol. The number of allylic oxidation sites excluding steroid dienone is 1. The van der Waals surface area contributed by atoms with Gasteiger partial charge in [0, 0.05) is 30.9 Å². The van der Waals surface area contributed by atoms with Crippen LogP contribution in [-0.4, -0.2) is 22.2 Å². The molecule has 0 spiro atoms. The van der Waals surface area contributed by atoms with E-state index in [0.29, 0.717) is 18.5 Å². The second-order valence-electron chi connectivity index (χ2n) is 4.32. The minimum Gasteiger partial charge on any atom is -0.466 e. The molecule has 6 nitrogen and oxygen atoms in total. The number of carbonyl (C=O) groups excluding carboxylic acids is 1. The van der Waals surface area contributed by atoms with Crippen molar-refractivity contribution in [2.75, 3.05) is 7.11 Å². The zero-order valence-electron chi connectivity index (χ0n) is 12.1. The van der Waals surface area contributed by atoms with E-state index in [2.05, 4.69) is 4.74 Å². The van der Waals surface area contributed by atoms with E-state index in [1.54, 1.807) is 6.08 Å². The Balaban J connectivity index is 3.12. The second-order valence-corrected chi connectivity index (χ2v) is 4.32. The fourth-order valence-electron chi connectivity index (χ4n) is 1.84.